The predicted octanol–water partition coefficient (Wildman–Crippen LogP) is 2.75. The number of aryl methyl sites for hydroxylation is 1. The first kappa shape index (κ1) is 9.66. The third kappa shape index (κ3) is 1.25. The molecule has 1 N–H and O–H groups in total. The van der Waals surface area contributed by atoms with E-state index >= 15 is 0 Å². The lowest BCUT2D eigenvalue weighted by Crippen LogP contribution is -2.43. The molecule has 2 unspecified atom stereocenters. The zero-order valence-corrected chi connectivity index (χ0v) is 8.55. The molecule has 1 fully saturated rings. The van der Waals surface area contributed by atoms with E-state index in [0.717, 1.165) is 24.0 Å². The van der Waals surface area contributed by atoms with Crippen molar-refractivity contribution in [3.05, 3.63) is 35.1 Å². The van der Waals surface area contributed by atoms with Gasteiger partial charge < -0.3 is 5.11 Å². The van der Waals surface area contributed by atoms with Crippen LogP contribution in [0.2, 0.25) is 0 Å². The van der Waals surface area contributed by atoms with Gasteiger partial charge in [0.05, 0.1) is 5.60 Å². The standard InChI is InChI=1S/C12H15FO/c1-8-7-10(13)3-4-11(8)12(14)6-5-9(12)2/h3-4,7,9,14H,5-6H2,1-2H3. The highest BCUT2D eigenvalue weighted by Gasteiger charge is 2.44. The Morgan fingerprint density at radius 3 is 2.64 bits per heavy atom. The Bertz CT molecular complexity index is 361. The molecule has 2 heteroatoms. The summed E-state index contributed by atoms with van der Waals surface area (Å²) >= 11 is 0. The Labute approximate surface area is 83.6 Å². The smallest absolute Gasteiger partial charge is 0.123 e. The van der Waals surface area contributed by atoms with Crippen molar-refractivity contribution in [1.29, 1.82) is 0 Å². The highest BCUT2D eigenvalue weighted by Crippen LogP contribution is 2.47. The highest BCUT2D eigenvalue weighted by molar-refractivity contribution is 5.34. The van der Waals surface area contributed by atoms with Gasteiger partial charge in [-0.15, -0.1) is 0 Å². The Hall–Kier alpha value is -0.890. The normalized spacial score (nSPS) is 31.3. The van der Waals surface area contributed by atoms with Crippen LogP contribution in [0.1, 0.15) is 30.9 Å². The van der Waals surface area contributed by atoms with E-state index in [0.29, 0.717) is 0 Å². The summed E-state index contributed by atoms with van der Waals surface area (Å²) in [5.74, 6) is 0.0495. The summed E-state index contributed by atoms with van der Waals surface area (Å²) in [5, 5.41) is 10.3. The summed E-state index contributed by atoms with van der Waals surface area (Å²) in [6.07, 6.45) is 1.84. The number of halogens is 1. The van der Waals surface area contributed by atoms with Crippen molar-refractivity contribution in [2.45, 2.75) is 32.3 Å². The first-order chi connectivity index (χ1) is 6.54. The minimum atomic E-state index is -0.711. The second-order valence-corrected chi connectivity index (χ2v) is 4.32. The molecule has 2 atom stereocenters. The second kappa shape index (κ2) is 3.06. The molecular formula is C12H15FO. The molecule has 1 aliphatic rings. The van der Waals surface area contributed by atoms with Crippen molar-refractivity contribution >= 4 is 0 Å². The van der Waals surface area contributed by atoms with Crippen molar-refractivity contribution in [2.24, 2.45) is 5.92 Å². The molecule has 1 aromatic rings. The van der Waals surface area contributed by atoms with Gasteiger partial charge in [-0.2, -0.15) is 0 Å². The van der Waals surface area contributed by atoms with E-state index in [4.69, 9.17) is 0 Å². The van der Waals surface area contributed by atoms with E-state index in [1.165, 1.54) is 12.1 Å². The molecule has 0 spiro atoms. The molecule has 0 radical (unpaired) electrons. The van der Waals surface area contributed by atoms with Gasteiger partial charge in [-0.1, -0.05) is 13.0 Å². The van der Waals surface area contributed by atoms with Crippen LogP contribution in [0.4, 0.5) is 4.39 Å². The molecule has 0 aromatic heterocycles. The highest BCUT2D eigenvalue weighted by atomic mass is 19.1. The summed E-state index contributed by atoms with van der Waals surface area (Å²) in [7, 11) is 0. The van der Waals surface area contributed by atoms with E-state index < -0.39 is 5.60 Å². The molecule has 0 amide bonds. The van der Waals surface area contributed by atoms with Gasteiger partial charge in [0, 0.05) is 0 Å². The largest absolute Gasteiger partial charge is 0.385 e. The van der Waals surface area contributed by atoms with Gasteiger partial charge in [-0.05, 0) is 48.9 Å². The fraction of sp³-hybridized carbons (Fsp3) is 0.500. The maximum Gasteiger partial charge on any atom is 0.123 e. The molecule has 1 aromatic carbocycles. The lowest BCUT2D eigenvalue weighted by atomic mass is 9.66. The second-order valence-electron chi connectivity index (χ2n) is 4.32. The van der Waals surface area contributed by atoms with Crippen LogP contribution in [0.15, 0.2) is 18.2 Å². The SMILES string of the molecule is Cc1cc(F)ccc1C1(O)CCC1C. The van der Waals surface area contributed by atoms with Crippen molar-refractivity contribution in [1.82, 2.24) is 0 Å². The fourth-order valence-electron chi connectivity index (χ4n) is 2.22. The maximum absolute atomic E-state index is 12.9. The van der Waals surface area contributed by atoms with Crippen LogP contribution in [-0.4, -0.2) is 5.11 Å². The Morgan fingerprint density at radius 1 is 1.50 bits per heavy atom. The van der Waals surface area contributed by atoms with Crippen LogP contribution >= 0.6 is 0 Å². The number of aliphatic hydroxyl groups is 1. The van der Waals surface area contributed by atoms with Crippen LogP contribution in [0.25, 0.3) is 0 Å². The van der Waals surface area contributed by atoms with Crippen LogP contribution in [-0.2, 0) is 5.60 Å². The first-order valence-corrected chi connectivity index (χ1v) is 5.03. The molecule has 0 saturated heterocycles. The molecule has 0 aliphatic heterocycles. The van der Waals surface area contributed by atoms with Gasteiger partial charge in [0.15, 0.2) is 0 Å². The third-order valence-electron chi connectivity index (χ3n) is 3.43. The fourth-order valence-corrected chi connectivity index (χ4v) is 2.22. The van der Waals surface area contributed by atoms with Gasteiger partial charge in [0.2, 0.25) is 0 Å². The average molecular weight is 194 g/mol. The van der Waals surface area contributed by atoms with E-state index in [9.17, 15) is 9.50 Å². The lowest BCUT2D eigenvalue weighted by Gasteiger charge is -2.44. The van der Waals surface area contributed by atoms with E-state index in [1.54, 1.807) is 6.07 Å². The molecule has 76 valence electrons. The molecule has 1 saturated carbocycles. The Balaban J connectivity index is 2.41. The number of benzene rings is 1. The van der Waals surface area contributed by atoms with Crippen LogP contribution < -0.4 is 0 Å². The zero-order chi connectivity index (χ0) is 10.3. The van der Waals surface area contributed by atoms with Crippen LogP contribution in [0.3, 0.4) is 0 Å². The minimum absolute atomic E-state index is 0.234. The molecular weight excluding hydrogens is 179 g/mol. The monoisotopic (exact) mass is 194 g/mol. The van der Waals surface area contributed by atoms with Crippen molar-refractivity contribution in [3.8, 4) is 0 Å². The van der Waals surface area contributed by atoms with Crippen LogP contribution in [0.5, 0.6) is 0 Å². The quantitative estimate of drug-likeness (QED) is 0.728. The molecule has 2 rings (SSSR count). The summed E-state index contributed by atoms with van der Waals surface area (Å²) in [6.45, 7) is 3.88. The van der Waals surface area contributed by atoms with E-state index in [2.05, 4.69) is 0 Å². The average Bonchev–Trinajstić information content (AvgIpc) is 2.14. The zero-order valence-electron chi connectivity index (χ0n) is 8.55. The van der Waals surface area contributed by atoms with E-state index in [1.807, 2.05) is 13.8 Å². The maximum atomic E-state index is 12.9. The van der Waals surface area contributed by atoms with Crippen LogP contribution in [0, 0.1) is 18.7 Å². The van der Waals surface area contributed by atoms with E-state index in [-0.39, 0.29) is 11.7 Å². The third-order valence-corrected chi connectivity index (χ3v) is 3.43. The summed E-state index contributed by atoms with van der Waals surface area (Å²) < 4.78 is 12.9. The predicted molar refractivity (Wildman–Crippen MR) is 53.4 cm³/mol. The van der Waals surface area contributed by atoms with Gasteiger partial charge >= 0.3 is 0 Å². The lowest BCUT2D eigenvalue weighted by molar-refractivity contribution is -0.0935. The molecule has 1 aliphatic carbocycles. The number of hydrogen-bond acceptors (Lipinski definition) is 1. The number of hydrogen-bond donors (Lipinski definition) is 1. The molecule has 0 bridgehead atoms. The van der Waals surface area contributed by atoms with Crippen molar-refractivity contribution < 1.29 is 9.50 Å². The Morgan fingerprint density at radius 2 is 2.21 bits per heavy atom. The van der Waals surface area contributed by atoms with Gasteiger partial charge in [-0.25, -0.2) is 4.39 Å². The Kier molecular flexibility index (Phi) is 2.11. The van der Waals surface area contributed by atoms with Gasteiger partial charge in [0.1, 0.15) is 5.82 Å². The van der Waals surface area contributed by atoms with Gasteiger partial charge in [0.25, 0.3) is 0 Å². The molecule has 14 heavy (non-hydrogen) atoms. The first-order valence-electron chi connectivity index (χ1n) is 5.03. The van der Waals surface area contributed by atoms with Gasteiger partial charge in [-0.3, -0.25) is 0 Å². The summed E-state index contributed by atoms with van der Waals surface area (Å²) in [6, 6.07) is 4.62. The summed E-state index contributed by atoms with van der Waals surface area (Å²) in [4.78, 5) is 0. The summed E-state index contributed by atoms with van der Waals surface area (Å²) in [5.41, 5.74) is 1.02. The topological polar surface area (TPSA) is 20.2 Å². The van der Waals surface area contributed by atoms with Crippen molar-refractivity contribution in [2.75, 3.05) is 0 Å². The minimum Gasteiger partial charge on any atom is -0.385 e. The molecule has 0 heterocycles. The van der Waals surface area contributed by atoms with Crippen molar-refractivity contribution in [3.63, 3.8) is 0 Å². The number of rotatable bonds is 1. The molecule has 1 nitrogen and oxygen atoms in total.